The number of amides is 1. The van der Waals surface area contributed by atoms with Gasteiger partial charge in [0.2, 0.25) is 11.8 Å². The highest BCUT2D eigenvalue weighted by Gasteiger charge is 2.32. The van der Waals surface area contributed by atoms with Crippen LogP contribution in [0.4, 0.5) is 0 Å². The number of carbonyl (C=O) groups excluding carboxylic acids is 1. The minimum Gasteiger partial charge on any atom is -0.418 e. The molecule has 0 bridgehead atoms. The van der Waals surface area contributed by atoms with Gasteiger partial charge in [-0.2, -0.15) is 0 Å². The zero-order chi connectivity index (χ0) is 18.1. The quantitative estimate of drug-likeness (QED) is 0.834. The molecule has 1 aliphatic carbocycles. The third kappa shape index (κ3) is 3.82. The lowest BCUT2D eigenvalue weighted by atomic mass is 10.2. The fourth-order valence-corrected chi connectivity index (χ4v) is 3.93. The molecule has 1 saturated carbocycles. The van der Waals surface area contributed by atoms with Gasteiger partial charge < -0.3 is 9.73 Å². The molecule has 8 heteroatoms. The summed E-state index contributed by atoms with van der Waals surface area (Å²) in [6, 6.07) is 4.39. The predicted molar refractivity (Wildman–Crippen MR) is 99.8 cm³/mol. The van der Waals surface area contributed by atoms with E-state index in [1.54, 1.807) is 11.3 Å². The van der Waals surface area contributed by atoms with E-state index in [2.05, 4.69) is 32.2 Å². The number of nitrogens with zero attached hydrogens (tertiary/aromatic N) is 4. The van der Waals surface area contributed by atoms with Crippen molar-refractivity contribution in [3.05, 3.63) is 23.4 Å². The van der Waals surface area contributed by atoms with Gasteiger partial charge in [0.1, 0.15) is 0 Å². The molecule has 2 aromatic heterocycles. The van der Waals surface area contributed by atoms with Crippen molar-refractivity contribution in [2.45, 2.75) is 44.8 Å². The number of rotatable bonds is 6. The topological polar surface area (TPSA) is 74.5 Å². The van der Waals surface area contributed by atoms with E-state index in [0.717, 1.165) is 43.9 Å². The fraction of sp³-hybridized carbons (Fsp3) is 0.611. The van der Waals surface area contributed by atoms with Crippen molar-refractivity contribution in [3.8, 4) is 10.8 Å². The first-order chi connectivity index (χ1) is 12.6. The third-order valence-electron chi connectivity index (χ3n) is 5.28. The minimum atomic E-state index is -0.0677. The van der Waals surface area contributed by atoms with Gasteiger partial charge in [-0.15, -0.1) is 21.5 Å². The summed E-state index contributed by atoms with van der Waals surface area (Å²) >= 11 is 1.60. The molecule has 140 valence electrons. The maximum atomic E-state index is 12.2. The SMILES string of the molecule is C[C@H](c1nnc(-c2cccs2)o1)N1CCN([C@@H](C)C(=O)NC2CC2)CC1. The molecule has 4 rings (SSSR count). The summed E-state index contributed by atoms with van der Waals surface area (Å²) in [5.74, 6) is 1.40. The molecule has 0 aromatic carbocycles. The maximum Gasteiger partial charge on any atom is 0.257 e. The normalized spacial score (nSPS) is 21.5. The van der Waals surface area contributed by atoms with Gasteiger partial charge in [-0.05, 0) is 38.1 Å². The number of nitrogens with one attached hydrogen (secondary N) is 1. The summed E-state index contributed by atoms with van der Waals surface area (Å²) in [6.45, 7) is 7.62. The Kier molecular flexibility index (Phi) is 5.06. The van der Waals surface area contributed by atoms with Crippen LogP contribution in [0.15, 0.2) is 21.9 Å². The van der Waals surface area contributed by atoms with E-state index in [0.29, 0.717) is 17.8 Å². The van der Waals surface area contributed by atoms with Crippen LogP contribution in [0.25, 0.3) is 10.8 Å². The largest absolute Gasteiger partial charge is 0.418 e. The van der Waals surface area contributed by atoms with Crippen LogP contribution in [0.3, 0.4) is 0 Å². The Balaban J connectivity index is 1.32. The van der Waals surface area contributed by atoms with Gasteiger partial charge in [-0.3, -0.25) is 14.6 Å². The standard InChI is InChI=1S/C18H25N5O2S/c1-12(16(24)19-14-5-6-14)22-7-9-23(10-8-22)13(2)17-20-21-18(25-17)15-4-3-11-26-15/h3-4,11-14H,5-10H2,1-2H3,(H,19,24)/t12-,13+/m0/s1. The lowest BCUT2D eigenvalue weighted by molar-refractivity contribution is -0.126. The first-order valence-electron chi connectivity index (χ1n) is 9.27. The molecule has 1 saturated heterocycles. The van der Waals surface area contributed by atoms with E-state index in [-0.39, 0.29) is 18.0 Å². The van der Waals surface area contributed by atoms with E-state index in [1.807, 2.05) is 24.4 Å². The highest BCUT2D eigenvalue weighted by atomic mass is 32.1. The molecule has 1 N–H and O–H groups in total. The van der Waals surface area contributed by atoms with Crippen molar-refractivity contribution < 1.29 is 9.21 Å². The second-order valence-corrected chi connectivity index (χ2v) is 8.08. The van der Waals surface area contributed by atoms with Gasteiger partial charge in [-0.25, -0.2) is 0 Å². The zero-order valence-electron chi connectivity index (χ0n) is 15.2. The molecular formula is C18H25N5O2S. The average molecular weight is 375 g/mol. The first kappa shape index (κ1) is 17.6. The average Bonchev–Trinajstić information content (AvgIpc) is 3.14. The Hall–Kier alpha value is -1.77. The second kappa shape index (κ2) is 7.46. The van der Waals surface area contributed by atoms with Gasteiger partial charge in [-0.1, -0.05) is 6.07 Å². The molecule has 2 atom stereocenters. The smallest absolute Gasteiger partial charge is 0.257 e. The Bertz CT molecular complexity index is 735. The Labute approximate surface area is 157 Å². The number of hydrogen-bond acceptors (Lipinski definition) is 7. The van der Waals surface area contributed by atoms with Crippen molar-refractivity contribution in [2.24, 2.45) is 0 Å². The number of piperazine rings is 1. The van der Waals surface area contributed by atoms with Crippen molar-refractivity contribution in [3.63, 3.8) is 0 Å². The minimum absolute atomic E-state index is 0.0677. The van der Waals surface area contributed by atoms with Crippen LogP contribution in [0.1, 0.15) is 38.6 Å². The monoisotopic (exact) mass is 375 g/mol. The van der Waals surface area contributed by atoms with Gasteiger partial charge >= 0.3 is 0 Å². The fourth-order valence-electron chi connectivity index (χ4n) is 3.29. The molecule has 7 nitrogen and oxygen atoms in total. The molecule has 1 amide bonds. The molecule has 3 heterocycles. The van der Waals surface area contributed by atoms with E-state index in [4.69, 9.17) is 4.42 Å². The molecule has 2 aromatic rings. The van der Waals surface area contributed by atoms with Crippen molar-refractivity contribution in [2.75, 3.05) is 26.2 Å². The number of carbonyl (C=O) groups is 1. The second-order valence-electron chi connectivity index (χ2n) is 7.13. The lowest BCUT2D eigenvalue weighted by Gasteiger charge is -2.39. The van der Waals surface area contributed by atoms with Gasteiger partial charge in [0.25, 0.3) is 5.89 Å². The summed E-state index contributed by atoms with van der Waals surface area (Å²) < 4.78 is 5.88. The third-order valence-corrected chi connectivity index (χ3v) is 6.14. The predicted octanol–water partition coefficient (Wildman–Crippen LogP) is 2.14. The van der Waals surface area contributed by atoms with Crippen LogP contribution in [-0.4, -0.2) is 64.2 Å². The Morgan fingerprint density at radius 1 is 1.23 bits per heavy atom. The van der Waals surface area contributed by atoms with Crippen molar-refractivity contribution in [1.29, 1.82) is 0 Å². The molecule has 1 aliphatic heterocycles. The van der Waals surface area contributed by atoms with E-state index in [9.17, 15) is 4.79 Å². The lowest BCUT2D eigenvalue weighted by Crippen LogP contribution is -2.54. The molecule has 26 heavy (non-hydrogen) atoms. The molecule has 0 radical (unpaired) electrons. The number of thiophene rings is 1. The number of aromatic nitrogens is 2. The van der Waals surface area contributed by atoms with Crippen LogP contribution < -0.4 is 5.32 Å². The maximum absolute atomic E-state index is 12.2. The zero-order valence-corrected chi connectivity index (χ0v) is 16.0. The van der Waals surface area contributed by atoms with Crippen molar-refractivity contribution >= 4 is 17.2 Å². The molecular weight excluding hydrogens is 350 g/mol. The summed E-state index contributed by atoms with van der Waals surface area (Å²) in [6.07, 6.45) is 2.25. The van der Waals surface area contributed by atoms with Crippen LogP contribution in [0.5, 0.6) is 0 Å². The molecule has 0 spiro atoms. The summed E-state index contributed by atoms with van der Waals surface area (Å²) in [4.78, 5) is 17.8. The van der Waals surface area contributed by atoms with E-state index < -0.39 is 0 Å². The van der Waals surface area contributed by atoms with Crippen LogP contribution in [-0.2, 0) is 4.79 Å². The van der Waals surface area contributed by atoms with Crippen LogP contribution in [0, 0.1) is 0 Å². The van der Waals surface area contributed by atoms with Gasteiger partial charge in [0, 0.05) is 32.2 Å². The highest BCUT2D eigenvalue weighted by Crippen LogP contribution is 2.27. The Morgan fingerprint density at radius 2 is 1.96 bits per heavy atom. The van der Waals surface area contributed by atoms with Crippen molar-refractivity contribution in [1.82, 2.24) is 25.3 Å². The van der Waals surface area contributed by atoms with Crippen LogP contribution in [0.2, 0.25) is 0 Å². The highest BCUT2D eigenvalue weighted by molar-refractivity contribution is 7.13. The van der Waals surface area contributed by atoms with E-state index >= 15 is 0 Å². The molecule has 0 unspecified atom stereocenters. The molecule has 2 fully saturated rings. The van der Waals surface area contributed by atoms with Gasteiger partial charge in [0.15, 0.2) is 0 Å². The Morgan fingerprint density at radius 3 is 2.62 bits per heavy atom. The summed E-state index contributed by atoms with van der Waals surface area (Å²) in [5.41, 5.74) is 0. The first-order valence-corrected chi connectivity index (χ1v) is 10.2. The number of hydrogen-bond donors (Lipinski definition) is 1. The van der Waals surface area contributed by atoms with Crippen LogP contribution >= 0.6 is 11.3 Å². The van der Waals surface area contributed by atoms with E-state index in [1.165, 1.54) is 0 Å². The molecule has 2 aliphatic rings. The summed E-state index contributed by atoms with van der Waals surface area (Å²) in [5, 5.41) is 13.5. The summed E-state index contributed by atoms with van der Waals surface area (Å²) in [7, 11) is 0. The van der Waals surface area contributed by atoms with Gasteiger partial charge in [0.05, 0.1) is 17.0 Å².